The maximum absolute atomic E-state index is 6.22. The van der Waals surface area contributed by atoms with Gasteiger partial charge in [0.2, 0.25) is 0 Å². The van der Waals surface area contributed by atoms with Gasteiger partial charge in [-0.2, -0.15) is 0 Å². The molecule has 6 heteroatoms. The second-order valence-electron chi connectivity index (χ2n) is 4.68. The summed E-state index contributed by atoms with van der Waals surface area (Å²) in [7, 11) is 0. The van der Waals surface area contributed by atoms with Crippen LogP contribution in [0.4, 0.5) is 5.69 Å². The minimum atomic E-state index is 0.0531. The molecule has 2 heterocycles. The fourth-order valence-corrected chi connectivity index (χ4v) is 4.20. The summed E-state index contributed by atoms with van der Waals surface area (Å²) in [5.74, 6) is 0. The summed E-state index contributed by atoms with van der Waals surface area (Å²) in [5.41, 5.74) is 2.91. The number of halogens is 3. The molecule has 0 aliphatic heterocycles. The number of rotatable bonds is 3. The first-order chi connectivity index (χ1) is 10.0. The first kappa shape index (κ1) is 15.1. The van der Waals surface area contributed by atoms with Crippen molar-refractivity contribution in [3.8, 4) is 0 Å². The summed E-state index contributed by atoms with van der Waals surface area (Å²) >= 11 is 17.1. The summed E-state index contributed by atoms with van der Waals surface area (Å²) in [6, 6.07) is 10.1. The first-order valence-corrected chi connectivity index (χ1v) is 8.66. The summed E-state index contributed by atoms with van der Waals surface area (Å²) in [4.78, 5) is 4.49. The number of hydrogen-bond donors (Lipinski definition) is 1. The Kier molecular flexibility index (Phi) is 4.41. The van der Waals surface area contributed by atoms with Gasteiger partial charge in [-0.15, -0.1) is 11.3 Å². The molecule has 1 aromatic carbocycles. The van der Waals surface area contributed by atoms with Gasteiger partial charge in [-0.1, -0.05) is 35.3 Å². The van der Waals surface area contributed by atoms with Gasteiger partial charge in [0.05, 0.1) is 25.9 Å². The molecule has 0 radical (unpaired) electrons. The Balaban J connectivity index is 1.96. The molecule has 1 unspecified atom stereocenters. The van der Waals surface area contributed by atoms with Crippen LogP contribution in [0, 0.1) is 0 Å². The maximum atomic E-state index is 6.22. The van der Waals surface area contributed by atoms with E-state index in [4.69, 9.17) is 23.2 Å². The van der Waals surface area contributed by atoms with Crippen LogP contribution >= 0.6 is 50.5 Å². The van der Waals surface area contributed by atoms with Crippen LogP contribution in [0.3, 0.4) is 0 Å². The molecule has 0 saturated carbocycles. The van der Waals surface area contributed by atoms with E-state index in [0.717, 1.165) is 31.0 Å². The van der Waals surface area contributed by atoms with E-state index in [0.29, 0.717) is 4.34 Å². The molecule has 108 valence electrons. The molecular formula is C15H11BrCl2N2S. The third-order valence-electron chi connectivity index (χ3n) is 3.20. The van der Waals surface area contributed by atoms with Crippen molar-refractivity contribution in [1.82, 2.24) is 4.98 Å². The van der Waals surface area contributed by atoms with Crippen LogP contribution in [-0.2, 0) is 0 Å². The number of benzene rings is 1. The quantitative estimate of drug-likeness (QED) is 0.538. The molecule has 1 atom stereocenters. The highest BCUT2D eigenvalue weighted by Gasteiger charge is 2.14. The summed E-state index contributed by atoms with van der Waals surface area (Å²) < 4.78 is 2.38. The monoisotopic (exact) mass is 400 g/mol. The third-order valence-corrected chi connectivity index (χ3v) is 5.15. The highest BCUT2D eigenvalue weighted by molar-refractivity contribution is 9.10. The van der Waals surface area contributed by atoms with E-state index < -0.39 is 0 Å². The van der Waals surface area contributed by atoms with Crippen molar-refractivity contribution in [1.29, 1.82) is 0 Å². The molecule has 3 aromatic rings. The van der Waals surface area contributed by atoms with E-state index in [1.807, 2.05) is 30.3 Å². The van der Waals surface area contributed by atoms with Crippen LogP contribution < -0.4 is 5.32 Å². The third kappa shape index (κ3) is 3.19. The summed E-state index contributed by atoms with van der Waals surface area (Å²) in [6.07, 6.45) is 1.80. The Hall–Kier alpha value is -0.810. The molecule has 0 amide bonds. The average molecular weight is 402 g/mol. The zero-order valence-corrected chi connectivity index (χ0v) is 14.9. The van der Waals surface area contributed by atoms with E-state index in [1.165, 1.54) is 11.3 Å². The van der Waals surface area contributed by atoms with E-state index in [9.17, 15) is 0 Å². The van der Waals surface area contributed by atoms with Crippen molar-refractivity contribution in [2.75, 3.05) is 5.32 Å². The highest BCUT2D eigenvalue weighted by Crippen LogP contribution is 2.36. The topological polar surface area (TPSA) is 24.9 Å². The summed E-state index contributed by atoms with van der Waals surface area (Å²) in [5, 5.41) is 4.54. The van der Waals surface area contributed by atoms with Gasteiger partial charge in [0.1, 0.15) is 0 Å². The Morgan fingerprint density at radius 1 is 1.29 bits per heavy atom. The second kappa shape index (κ2) is 6.13. The summed E-state index contributed by atoms with van der Waals surface area (Å²) in [6.45, 7) is 2.06. The molecule has 1 N–H and O–H groups in total. The van der Waals surface area contributed by atoms with Gasteiger partial charge in [-0.3, -0.25) is 4.98 Å². The van der Waals surface area contributed by atoms with Crippen molar-refractivity contribution in [3.05, 3.63) is 55.2 Å². The molecule has 21 heavy (non-hydrogen) atoms. The standard InChI is InChI=1S/C15H11BrCl2N2S/c1-8(11-6-13(17)21-15(11)18)20-12-4-2-3-9-5-10(16)7-19-14(9)12/h2-8,20H,1H3. The van der Waals surface area contributed by atoms with Crippen LogP contribution in [0.5, 0.6) is 0 Å². The van der Waals surface area contributed by atoms with Gasteiger partial charge in [-0.05, 0) is 41.1 Å². The van der Waals surface area contributed by atoms with Gasteiger partial charge in [0.25, 0.3) is 0 Å². The lowest BCUT2D eigenvalue weighted by Crippen LogP contribution is -2.06. The second-order valence-corrected chi connectivity index (χ2v) is 7.88. The number of aromatic nitrogens is 1. The Morgan fingerprint density at radius 2 is 2.10 bits per heavy atom. The van der Waals surface area contributed by atoms with Crippen LogP contribution in [0.15, 0.2) is 41.0 Å². The minimum Gasteiger partial charge on any atom is -0.377 e. The fraction of sp³-hybridized carbons (Fsp3) is 0.133. The highest BCUT2D eigenvalue weighted by atomic mass is 79.9. The maximum Gasteiger partial charge on any atom is 0.0996 e. The van der Waals surface area contributed by atoms with E-state index >= 15 is 0 Å². The van der Waals surface area contributed by atoms with Crippen LogP contribution in [0.25, 0.3) is 10.9 Å². The number of hydrogen-bond acceptors (Lipinski definition) is 3. The molecule has 2 aromatic heterocycles. The molecule has 0 saturated heterocycles. The normalized spacial score (nSPS) is 12.6. The van der Waals surface area contributed by atoms with Crippen LogP contribution in [-0.4, -0.2) is 4.98 Å². The number of nitrogens with zero attached hydrogens (tertiary/aromatic N) is 1. The first-order valence-electron chi connectivity index (χ1n) is 6.30. The van der Waals surface area contributed by atoms with E-state index in [1.54, 1.807) is 6.20 Å². The number of para-hydroxylation sites is 1. The van der Waals surface area contributed by atoms with Gasteiger partial charge in [-0.25, -0.2) is 0 Å². The van der Waals surface area contributed by atoms with Gasteiger partial charge >= 0.3 is 0 Å². The van der Waals surface area contributed by atoms with Crippen molar-refractivity contribution in [2.24, 2.45) is 0 Å². The minimum absolute atomic E-state index is 0.0531. The van der Waals surface area contributed by atoms with Crippen molar-refractivity contribution >= 4 is 67.1 Å². The lowest BCUT2D eigenvalue weighted by Gasteiger charge is -2.16. The zero-order valence-electron chi connectivity index (χ0n) is 11.0. The zero-order chi connectivity index (χ0) is 15.0. The van der Waals surface area contributed by atoms with Crippen LogP contribution in [0.2, 0.25) is 8.67 Å². The Morgan fingerprint density at radius 3 is 2.81 bits per heavy atom. The van der Waals surface area contributed by atoms with Gasteiger partial charge < -0.3 is 5.32 Å². The van der Waals surface area contributed by atoms with Crippen molar-refractivity contribution in [2.45, 2.75) is 13.0 Å². The van der Waals surface area contributed by atoms with E-state index in [-0.39, 0.29) is 6.04 Å². The Bertz CT molecular complexity index is 803. The number of fused-ring (bicyclic) bond motifs is 1. The number of thiophene rings is 1. The predicted octanol–water partition coefficient (Wildman–Crippen LogP) is 6.54. The lowest BCUT2D eigenvalue weighted by molar-refractivity contribution is 0.892. The molecule has 0 bridgehead atoms. The SMILES string of the molecule is CC(Nc1cccc2cc(Br)cnc12)c1cc(Cl)sc1Cl. The van der Waals surface area contributed by atoms with Gasteiger partial charge in [0.15, 0.2) is 0 Å². The molecule has 3 rings (SSSR count). The van der Waals surface area contributed by atoms with Crippen molar-refractivity contribution < 1.29 is 0 Å². The molecule has 0 aliphatic rings. The molecule has 0 aliphatic carbocycles. The fourth-order valence-electron chi connectivity index (χ4n) is 2.21. The number of anilines is 1. The Labute approximate surface area is 145 Å². The van der Waals surface area contributed by atoms with Crippen molar-refractivity contribution in [3.63, 3.8) is 0 Å². The van der Waals surface area contributed by atoms with Gasteiger partial charge in [0, 0.05) is 21.6 Å². The van der Waals surface area contributed by atoms with Crippen LogP contribution in [0.1, 0.15) is 18.5 Å². The van der Waals surface area contributed by atoms with E-state index in [2.05, 4.69) is 33.2 Å². The largest absolute Gasteiger partial charge is 0.377 e. The number of nitrogens with one attached hydrogen (secondary N) is 1. The molecule has 0 fully saturated rings. The lowest BCUT2D eigenvalue weighted by atomic mass is 10.1. The predicted molar refractivity (Wildman–Crippen MR) is 95.8 cm³/mol. The smallest absolute Gasteiger partial charge is 0.0996 e. The molecular weight excluding hydrogens is 391 g/mol. The molecule has 0 spiro atoms. The average Bonchev–Trinajstić information content (AvgIpc) is 2.77. The molecule has 2 nitrogen and oxygen atoms in total. The number of pyridine rings is 1.